The van der Waals surface area contributed by atoms with Crippen LogP contribution in [0.25, 0.3) is 0 Å². The van der Waals surface area contributed by atoms with Crippen molar-refractivity contribution in [2.45, 2.75) is 229 Å². The van der Waals surface area contributed by atoms with Gasteiger partial charge in [0, 0.05) is 13.0 Å². The summed E-state index contributed by atoms with van der Waals surface area (Å²) >= 11 is 0. The number of hydrogen-bond donors (Lipinski definition) is 7. The molecule has 0 amide bonds. The number of allylic oxidation sites excluding steroid dienone is 14. The van der Waals surface area contributed by atoms with Gasteiger partial charge < -0.3 is 64.2 Å². The Morgan fingerprint density at radius 3 is 1.43 bits per heavy atom. The van der Waals surface area contributed by atoms with Crippen LogP contribution < -0.4 is 0 Å². The van der Waals surface area contributed by atoms with Crippen molar-refractivity contribution in [1.29, 1.82) is 0 Å². The average Bonchev–Trinajstić information content (AvgIpc) is 3.36. The molecular weight excluding hydrogens is 897 g/mol. The zero-order valence-corrected chi connectivity index (χ0v) is 42.7. The first kappa shape index (κ1) is 63.3. The lowest BCUT2D eigenvalue weighted by Gasteiger charge is -2.42. The predicted molar refractivity (Wildman–Crippen MR) is 275 cm³/mol. The molecule has 11 atom stereocenters. The van der Waals surface area contributed by atoms with E-state index in [-0.39, 0.29) is 19.6 Å². The number of aliphatic hydroxyl groups is 7. The van der Waals surface area contributed by atoms with Gasteiger partial charge in [0.1, 0.15) is 54.9 Å². The summed E-state index contributed by atoms with van der Waals surface area (Å²) in [4.78, 5) is 13.0. The number of aliphatic hydroxyl groups excluding tert-OH is 7. The molecular formula is C56H94O14. The third-order valence-corrected chi connectivity index (χ3v) is 12.2. The van der Waals surface area contributed by atoms with Gasteiger partial charge in [-0.25, -0.2) is 0 Å². The molecule has 14 heteroatoms. The second kappa shape index (κ2) is 42.7. The average molecular weight is 991 g/mol. The number of carbonyl (C=O) groups is 1. The molecule has 2 fully saturated rings. The van der Waals surface area contributed by atoms with Crippen molar-refractivity contribution in [3.8, 4) is 0 Å². The Hall–Kier alpha value is -2.83. The van der Waals surface area contributed by atoms with Crippen LogP contribution in [0.5, 0.6) is 0 Å². The fraction of sp³-hybridized carbons (Fsp3) is 0.732. The van der Waals surface area contributed by atoms with Gasteiger partial charge in [-0.2, -0.15) is 0 Å². The first-order chi connectivity index (χ1) is 34.1. The molecule has 11 unspecified atom stereocenters. The molecule has 0 bridgehead atoms. The van der Waals surface area contributed by atoms with Crippen LogP contribution in [0.15, 0.2) is 85.1 Å². The van der Waals surface area contributed by atoms with E-state index >= 15 is 0 Å². The highest BCUT2D eigenvalue weighted by atomic mass is 16.7. The van der Waals surface area contributed by atoms with E-state index in [0.29, 0.717) is 13.0 Å². The molecule has 70 heavy (non-hydrogen) atoms. The molecule has 2 aliphatic heterocycles. The van der Waals surface area contributed by atoms with E-state index in [9.17, 15) is 40.5 Å². The van der Waals surface area contributed by atoms with Gasteiger partial charge in [0.05, 0.1) is 26.4 Å². The van der Waals surface area contributed by atoms with Gasteiger partial charge >= 0.3 is 5.97 Å². The van der Waals surface area contributed by atoms with E-state index in [4.69, 9.17) is 28.4 Å². The van der Waals surface area contributed by atoms with Crippen LogP contribution in [0.2, 0.25) is 0 Å². The van der Waals surface area contributed by atoms with E-state index in [1.54, 1.807) is 0 Å². The Bertz CT molecular complexity index is 1480. The normalized spacial score (nSPS) is 26.2. The Morgan fingerprint density at radius 2 is 0.929 bits per heavy atom. The summed E-state index contributed by atoms with van der Waals surface area (Å²) in [5, 5.41) is 72.1. The van der Waals surface area contributed by atoms with Crippen LogP contribution in [0.4, 0.5) is 0 Å². The lowest BCUT2D eigenvalue weighted by molar-refractivity contribution is -0.332. The van der Waals surface area contributed by atoms with Crippen molar-refractivity contribution in [3.05, 3.63) is 85.1 Å². The summed E-state index contributed by atoms with van der Waals surface area (Å²) in [6, 6.07) is 0. The molecule has 14 nitrogen and oxygen atoms in total. The van der Waals surface area contributed by atoms with Crippen molar-refractivity contribution >= 4 is 5.97 Å². The minimum Gasteiger partial charge on any atom is -0.457 e. The van der Waals surface area contributed by atoms with E-state index in [2.05, 4.69) is 98.9 Å². The van der Waals surface area contributed by atoms with Crippen molar-refractivity contribution in [2.75, 3.05) is 33.0 Å². The first-order valence-corrected chi connectivity index (χ1v) is 26.7. The fourth-order valence-corrected chi connectivity index (χ4v) is 7.85. The zero-order valence-electron chi connectivity index (χ0n) is 42.7. The molecule has 2 heterocycles. The summed E-state index contributed by atoms with van der Waals surface area (Å²) in [6.07, 6.45) is 38.0. The van der Waals surface area contributed by atoms with E-state index < -0.39 is 86.7 Å². The molecule has 0 aromatic rings. The molecule has 0 aromatic carbocycles. The Labute approximate surface area is 420 Å². The minimum absolute atomic E-state index is 0.0281. The molecule has 0 aliphatic carbocycles. The number of rotatable bonds is 41. The second-order valence-electron chi connectivity index (χ2n) is 18.3. The Balaban J connectivity index is 1.76. The number of unbranched alkanes of at least 4 members (excludes halogenated alkanes) is 13. The molecule has 2 aliphatic rings. The third kappa shape index (κ3) is 29.6. The lowest BCUT2D eigenvalue weighted by atomic mass is 9.98. The van der Waals surface area contributed by atoms with Crippen LogP contribution in [0, 0.1) is 0 Å². The number of hydrogen-bond acceptors (Lipinski definition) is 14. The molecule has 2 saturated heterocycles. The smallest absolute Gasteiger partial charge is 0.306 e. The highest BCUT2D eigenvalue weighted by molar-refractivity contribution is 5.69. The molecule has 402 valence electrons. The quantitative estimate of drug-likeness (QED) is 0.0174. The summed E-state index contributed by atoms with van der Waals surface area (Å²) in [6.45, 7) is 3.44. The summed E-state index contributed by atoms with van der Waals surface area (Å²) < 4.78 is 34.2. The molecule has 0 saturated carbocycles. The van der Waals surface area contributed by atoms with Crippen molar-refractivity contribution in [2.24, 2.45) is 0 Å². The van der Waals surface area contributed by atoms with E-state index in [1.807, 2.05) is 0 Å². The van der Waals surface area contributed by atoms with Crippen LogP contribution in [0.1, 0.15) is 162 Å². The topological polar surface area (TPSA) is 214 Å². The fourth-order valence-electron chi connectivity index (χ4n) is 7.85. The maximum Gasteiger partial charge on any atom is 0.306 e. The SMILES string of the molecule is CC/C=C\C/C=C\C/C=C\C/C=C\C/C=C\C/C=C\C/C=C\CCCCOCC(COC1OC(COC2OC(CO)C(O)C(O)C2O)C(O)C(O)C1O)OC(=O)CCCCCCCCCCCCCC. The molecule has 2 rings (SSSR count). The third-order valence-electron chi connectivity index (χ3n) is 12.2. The highest BCUT2D eigenvalue weighted by Gasteiger charge is 2.47. The lowest BCUT2D eigenvalue weighted by Crippen LogP contribution is -2.61. The minimum atomic E-state index is -1.72. The van der Waals surface area contributed by atoms with Gasteiger partial charge in [0.25, 0.3) is 0 Å². The van der Waals surface area contributed by atoms with Crippen LogP contribution in [0.3, 0.4) is 0 Å². The summed E-state index contributed by atoms with van der Waals surface area (Å²) in [5.74, 6) is -0.396. The van der Waals surface area contributed by atoms with Crippen molar-refractivity contribution in [3.63, 3.8) is 0 Å². The maximum atomic E-state index is 13.0. The van der Waals surface area contributed by atoms with Crippen LogP contribution >= 0.6 is 0 Å². The van der Waals surface area contributed by atoms with Gasteiger partial charge in [-0.1, -0.05) is 170 Å². The number of carbonyl (C=O) groups excluding carboxylic acids is 1. The molecule has 0 spiro atoms. The number of esters is 1. The Morgan fingerprint density at radius 1 is 0.486 bits per heavy atom. The van der Waals surface area contributed by atoms with Gasteiger partial charge in [-0.05, 0) is 70.6 Å². The predicted octanol–water partition coefficient (Wildman–Crippen LogP) is 8.46. The van der Waals surface area contributed by atoms with Gasteiger partial charge in [-0.15, -0.1) is 0 Å². The van der Waals surface area contributed by atoms with E-state index in [1.165, 1.54) is 51.4 Å². The largest absolute Gasteiger partial charge is 0.457 e. The summed E-state index contributed by atoms with van der Waals surface area (Å²) in [5.41, 5.74) is 0. The monoisotopic (exact) mass is 991 g/mol. The van der Waals surface area contributed by atoms with Gasteiger partial charge in [0.15, 0.2) is 12.6 Å². The van der Waals surface area contributed by atoms with Crippen LogP contribution in [-0.4, -0.2) is 142 Å². The van der Waals surface area contributed by atoms with Gasteiger partial charge in [0.2, 0.25) is 0 Å². The Kier molecular flexibility index (Phi) is 38.6. The standard InChI is InChI=1S/C56H94O14/c1-3-5-7-9-11-13-15-17-18-19-20-21-22-23-24-25-26-27-28-30-32-34-36-38-40-65-42-45(68-48(58)39-37-35-33-31-29-16-14-12-10-8-6-4-2)43-66-55-54(64)52(62)50(60)47(70-55)44-67-56-53(63)51(61)49(59)46(41-57)69-56/h5,7,11,13,17-18,20-21,23-24,26-27,30,32,45-47,49-57,59-64H,3-4,6,8-10,12,14-16,19,22,25,28-29,31,33-44H2,1-2H3/b7-5-,13-11-,18-17-,21-20-,24-23-,27-26-,32-30-. The second-order valence-corrected chi connectivity index (χ2v) is 18.3. The zero-order chi connectivity index (χ0) is 50.9. The number of ether oxygens (including phenoxy) is 6. The molecule has 7 N–H and O–H groups in total. The summed E-state index contributed by atoms with van der Waals surface area (Å²) in [7, 11) is 0. The molecule has 0 radical (unpaired) electrons. The van der Waals surface area contributed by atoms with Crippen molar-refractivity contribution in [1.82, 2.24) is 0 Å². The highest BCUT2D eigenvalue weighted by Crippen LogP contribution is 2.26. The molecule has 0 aromatic heterocycles. The first-order valence-electron chi connectivity index (χ1n) is 26.7. The maximum absolute atomic E-state index is 13.0. The van der Waals surface area contributed by atoms with Crippen molar-refractivity contribution < 1.29 is 69.0 Å². The van der Waals surface area contributed by atoms with Gasteiger partial charge in [-0.3, -0.25) is 4.79 Å². The van der Waals surface area contributed by atoms with Crippen LogP contribution in [-0.2, 0) is 33.2 Å². The van der Waals surface area contributed by atoms with E-state index in [0.717, 1.165) is 83.5 Å².